The van der Waals surface area contributed by atoms with Gasteiger partial charge in [-0.25, -0.2) is 13.4 Å². The number of rotatable bonds is 7. The summed E-state index contributed by atoms with van der Waals surface area (Å²) in [5.41, 5.74) is 1.58. The van der Waals surface area contributed by atoms with Crippen LogP contribution in [0.25, 0.3) is 11.3 Å². The van der Waals surface area contributed by atoms with E-state index in [1.165, 1.54) is 29.2 Å². The van der Waals surface area contributed by atoms with Crippen molar-refractivity contribution in [3.05, 3.63) is 69.0 Å². The van der Waals surface area contributed by atoms with E-state index in [1.54, 1.807) is 0 Å². The molecule has 0 saturated heterocycles. The molecule has 0 aliphatic carbocycles. The zero-order valence-corrected chi connectivity index (χ0v) is 18.4. The van der Waals surface area contributed by atoms with E-state index in [-0.39, 0.29) is 22.2 Å². The Kier molecular flexibility index (Phi) is 7.47. The van der Waals surface area contributed by atoms with Crippen LogP contribution in [0.2, 0.25) is 5.02 Å². The predicted octanol–water partition coefficient (Wildman–Crippen LogP) is 4.45. The summed E-state index contributed by atoms with van der Waals surface area (Å²) in [5.74, 6) is 6.02. The van der Waals surface area contributed by atoms with Crippen molar-refractivity contribution < 1.29 is 13.3 Å². The van der Waals surface area contributed by atoms with Gasteiger partial charge in [-0.05, 0) is 6.07 Å². The Hall–Kier alpha value is -2.42. The molecule has 0 aliphatic rings. The van der Waals surface area contributed by atoms with Gasteiger partial charge in [-0.1, -0.05) is 65.5 Å². The molecular weight excluding hydrogens is 466 g/mol. The molecule has 0 aliphatic heterocycles. The third kappa shape index (κ3) is 5.81. The minimum absolute atomic E-state index is 0.102. The van der Waals surface area contributed by atoms with Crippen LogP contribution in [0.5, 0.6) is 0 Å². The molecular formula is C19H14ClN3O4S3. The van der Waals surface area contributed by atoms with E-state index in [0.717, 1.165) is 27.7 Å². The number of thiazole rings is 1. The van der Waals surface area contributed by atoms with Crippen molar-refractivity contribution in [2.45, 2.75) is 9.24 Å². The second-order valence-corrected chi connectivity index (χ2v) is 9.93. The van der Waals surface area contributed by atoms with Crippen LogP contribution in [0.4, 0.5) is 5.69 Å². The van der Waals surface area contributed by atoms with Gasteiger partial charge in [-0.2, -0.15) is 4.72 Å². The quantitative estimate of drug-likeness (QED) is 0.232. The van der Waals surface area contributed by atoms with Crippen LogP contribution in [-0.2, 0) is 10.0 Å². The van der Waals surface area contributed by atoms with Crippen molar-refractivity contribution in [2.75, 3.05) is 12.3 Å². The molecule has 0 saturated carbocycles. The summed E-state index contributed by atoms with van der Waals surface area (Å²) in [6.07, 6.45) is 0. The van der Waals surface area contributed by atoms with Crippen molar-refractivity contribution in [1.82, 2.24) is 9.71 Å². The number of hydrogen-bond donors (Lipinski definition) is 1. The van der Waals surface area contributed by atoms with Crippen LogP contribution < -0.4 is 4.72 Å². The summed E-state index contributed by atoms with van der Waals surface area (Å²) < 4.78 is 27.8. The van der Waals surface area contributed by atoms with E-state index in [9.17, 15) is 18.5 Å². The number of nitrogens with zero attached hydrogens (tertiary/aromatic N) is 2. The van der Waals surface area contributed by atoms with E-state index in [0.29, 0.717) is 5.75 Å². The first-order chi connectivity index (χ1) is 14.4. The number of thioether (sulfide) groups is 1. The first-order valence-corrected chi connectivity index (χ1v) is 12.1. The maximum Gasteiger partial charge on any atom is 0.270 e. The molecule has 3 rings (SSSR count). The molecule has 0 bridgehead atoms. The molecule has 0 spiro atoms. The number of sulfonamides is 1. The maximum atomic E-state index is 12.3. The molecule has 2 aromatic carbocycles. The number of non-ortho nitro benzene ring substituents is 1. The summed E-state index contributed by atoms with van der Waals surface area (Å²) in [5, 5.41) is 12.7. The van der Waals surface area contributed by atoms with E-state index in [2.05, 4.69) is 21.5 Å². The Morgan fingerprint density at radius 2 is 1.97 bits per heavy atom. The lowest BCUT2D eigenvalue weighted by Gasteiger charge is -2.05. The highest BCUT2D eigenvalue weighted by atomic mass is 35.5. The minimum Gasteiger partial charge on any atom is -0.258 e. The molecule has 0 radical (unpaired) electrons. The van der Waals surface area contributed by atoms with E-state index in [4.69, 9.17) is 11.6 Å². The number of halogens is 1. The first-order valence-electron chi connectivity index (χ1n) is 8.40. The average Bonchev–Trinajstić information content (AvgIpc) is 3.20. The molecule has 1 heterocycles. The molecule has 0 unspecified atom stereocenters. The van der Waals surface area contributed by atoms with Gasteiger partial charge in [0.05, 0.1) is 27.9 Å². The van der Waals surface area contributed by atoms with Gasteiger partial charge >= 0.3 is 0 Å². The standard InChI is InChI=1S/C19H14ClN3O4S3/c20-16-9-8-15(23(24)25)12-18(16)30(26,27)21-10-4-5-11-28-19-22-17(13-29-19)14-6-2-1-3-7-14/h1-3,6-9,12-13,21H,10-11H2. The van der Waals surface area contributed by atoms with Gasteiger partial charge < -0.3 is 0 Å². The lowest BCUT2D eigenvalue weighted by atomic mass is 10.2. The van der Waals surface area contributed by atoms with Crippen LogP contribution in [0.15, 0.2) is 63.1 Å². The van der Waals surface area contributed by atoms with Gasteiger partial charge in [-0.15, -0.1) is 11.3 Å². The van der Waals surface area contributed by atoms with E-state index < -0.39 is 14.9 Å². The van der Waals surface area contributed by atoms with Gasteiger partial charge in [0.1, 0.15) is 4.90 Å². The van der Waals surface area contributed by atoms with Gasteiger partial charge in [0.25, 0.3) is 5.69 Å². The summed E-state index contributed by atoms with van der Waals surface area (Å²) in [4.78, 5) is 14.3. The van der Waals surface area contributed by atoms with Crippen LogP contribution in [-0.4, -0.2) is 30.6 Å². The summed E-state index contributed by atoms with van der Waals surface area (Å²) >= 11 is 8.85. The SMILES string of the molecule is O=[N+]([O-])c1ccc(Cl)c(S(=O)(=O)NCC#CCSc2nc(-c3ccccc3)cs2)c1. The Morgan fingerprint density at radius 3 is 2.70 bits per heavy atom. The van der Waals surface area contributed by atoms with Crippen molar-refractivity contribution in [2.24, 2.45) is 0 Å². The van der Waals surface area contributed by atoms with Crippen LogP contribution in [0.1, 0.15) is 0 Å². The molecule has 30 heavy (non-hydrogen) atoms. The number of nitro groups is 1. The van der Waals surface area contributed by atoms with E-state index in [1.807, 2.05) is 35.7 Å². The highest BCUT2D eigenvalue weighted by molar-refractivity contribution is 8.01. The third-order valence-corrected chi connectivity index (χ3v) is 7.50. The van der Waals surface area contributed by atoms with Crippen molar-refractivity contribution in [3.63, 3.8) is 0 Å². The fourth-order valence-electron chi connectivity index (χ4n) is 2.30. The Labute approximate surface area is 186 Å². The number of benzene rings is 2. The van der Waals surface area contributed by atoms with Gasteiger partial charge in [-0.3, -0.25) is 10.1 Å². The number of aromatic nitrogens is 1. The lowest BCUT2D eigenvalue weighted by Crippen LogP contribution is -2.24. The minimum atomic E-state index is -4.02. The summed E-state index contributed by atoms with van der Waals surface area (Å²) in [6.45, 7) is -0.144. The number of nitrogens with one attached hydrogen (secondary N) is 1. The van der Waals surface area contributed by atoms with Gasteiger partial charge in [0.15, 0.2) is 4.34 Å². The monoisotopic (exact) mass is 479 g/mol. The fraction of sp³-hybridized carbons (Fsp3) is 0.105. The number of nitro benzene ring substituents is 1. The van der Waals surface area contributed by atoms with Crippen molar-refractivity contribution in [1.29, 1.82) is 0 Å². The molecule has 1 aromatic heterocycles. The lowest BCUT2D eigenvalue weighted by molar-refractivity contribution is -0.385. The number of hydrogen-bond acceptors (Lipinski definition) is 7. The van der Waals surface area contributed by atoms with E-state index >= 15 is 0 Å². The summed E-state index contributed by atoms with van der Waals surface area (Å²) in [6, 6.07) is 13.1. The third-order valence-electron chi connectivity index (χ3n) is 3.71. The van der Waals surface area contributed by atoms with Crippen LogP contribution in [0.3, 0.4) is 0 Å². The zero-order valence-electron chi connectivity index (χ0n) is 15.2. The zero-order chi connectivity index (χ0) is 21.6. The molecule has 0 atom stereocenters. The van der Waals surface area contributed by atoms with Gasteiger partial charge in [0, 0.05) is 23.1 Å². The second-order valence-electron chi connectivity index (χ2n) is 5.70. The average molecular weight is 480 g/mol. The first kappa shape index (κ1) is 22.3. The predicted molar refractivity (Wildman–Crippen MR) is 119 cm³/mol. The van der Waals surface area contributed by atoms with Gasteiger partial charge in [0.2, 0.25) is 10.0 Å². The molecule has 3 aromatic rings. The molecule has 154 valence electrons. The molecule has 1 N–H and O–H groups in total. The summed E-state index contributed by atoms with van der Waals surface area (Å²) in [7, 11) is -4.02. The molecule has 7 nitrogen and oxygen atoms in total. The topological polar surface area (TPSA) is 102 Å². The highest BCUT2D eigenvalue weighted by Gasteiger charge is 2.20. The Morgan fingerprint density at radius 1 is 1.20 bits per heavy atom. The smallest absolute Gasteiger partial charge is 0.258 e. The Bertz CT molecular complexity index is 1220. The second kappa shape index (κ2) is 10.1. The molecule has 11 heteroatoms. The normalized spacial score (nSPS) is 11.0. The maximum absolute atomic E-state index is 12.3. The highest BCUT2D eigenvalue weighted by Crippen LogP contribution is 2.28. The van der Waals surface area contributed by atoms with Crippen molar-refractivity contribution >= 4 is 50.4 Å². The Balaban J connectivity index is 1.54. The molecule has 0 fully saturated rings. The van der Waals surface area contributed by atoms with Crippen molar-refractivity contribution in [3.8, 4) is 23.1 Å². The fourth-order valence-corrected chi connectivity index (χ4v) is 5.34. The largest absolute Gasteiger partial charge is 0.270 e. The molecule has 0 amide bonds. The van der Waals surface area contributed by atoms with Crippen LogP contribution in [0, 0.1) is 22.0 Å². The van der Waals surface area contributed by atoms with Crippen LogP contribution >= 0.6 is 34.7 Å².